The first-order chi connectivity index (χ1) is 17.2. The molecule has 35 heavy (non-hydrogen) atoms. The van der Waals surface area contributed by atoms with Crippen LogP contribution in [0.3, 0.4) is 0 Å². The number of ether oxygens (including phenoxy) is 1. The van der Waals surface area contributed by atoms with E-state index in [1.54, 1.807) is 6.21 Å². The lowest BCUT2D eigenvalue weighted by atomic mass is 10.0. The summed E-state index contributed by atoms with van der Waals surface area (Å²) in [5.41, 5.74) is 5.53. The number of carbonyl (C=O) groups excluding carboxylic acids is 1. The molecule has 0 spiro atoms. The monoisotopic (exact) mass is 522 g/mol. The first-order valence-electron chi connectivity index (χ1n) is 11.3. The van der Waals surface area contributed by atoms with Gasteiger partial charge in [-0.3, -0.25) is 4.79 Å². The Morgan fingerprint density at radius 3 is 2.37 bits per heavy atom. The molecule has 0 fully saturated rings. The van der Waals surface area contributed by atoms with Crippen LogP contribution in [0, 0.1) is 0 Å². The Balaban J connectivity index is 1.35. The second-order valence-electron chi connectivity index (χ2n) is 8.23. The molecule has 0 saturated heterocycles. The number of carbonyl (C=O) groups is 1. The minimum absolute atomic E-state index is 0.172. The Kier molecular flexibility index (Phi) is 6.87. The zero-order valence-corrected chi connectivity index (χ0v) is 20.5. The van der Waals surface area contributed by atoms with E-state index in [4.69, 9.17) is 4.74 Å². The predicted molar refractivity (Wildman–Crippen MR) is 146 cm³/mol. The molecule has 5 aromatic carbocycles. The Hall–Kier alpha value is -3.96. The van der Waals surface area contributed by atoms with Crippen molar-refractivity contribution in [3.63, 3.8) is 0 Å². The van der Waals surface area contributed by atoms with E-state index in [1.165, 1.54) is 0 Å². The molecule has 0 unspecified atom stereocenters. The van der Waals surface area contributed by atoms with E-state index in [0.29, 0.717) is 12.4 Å². The van der Waals surface area contributed by atoms with Crippen LogP contribution in [-0.4, -0.2) is 12.1 Å². The van der Waals surface area contributed by atoms with Crippen LogP contribution in [0.4, 0.5) is 0 Å². The largest absolute Gasteiger partial charge is 0.488 e. The summed E-state index contributed by atoms with van der Waals surface area (Å²) in [6.45, 7) is 0.423. The van der Waals surface area contributed by atoms with Crippen LogP contribution >= 0.6 is 15.9 Å². The van der Waals surface area contributed by atoms with Crippen LogP contribution in [-0.2, 0) is 17.8 Å². The van der Waals surface area contributed by atoms with Crippen molar-refractivity contribution in [3.05, 3.63) is 124 Å². The number of benzene rings is 5. The zero-order valence-electron chi connectivity index (χ0n) is 18.9. The van der Waals surface area contributed by atoms with E-state index in [9.17, 15) is 4.79 Å². The van der Waals surface area contributed by atoms with Gasteiger partial charge in [0.15, 0.2) is 0 Å². The van der Waals surface area contributed by atoms with Gasteiger partial charge in [0.05, 0.1) is 12.6 Å². The maximum Gasteiger partial charge on any atom is 0.244 e. The van der Waals surface area contributed by atoms with Crippen molar-refractivity contribution in [3.8, 4) is 5.75 Å². The van der Waals surface area contributed by atoms with Gasteiger partial charge in [-0.25, -0.2) is 5.43 Å². The van der Waals surface area contributed by atoms with E-state index in [1.807, 2.05) is 103 Å². The number of rotatable bonds is 7. The molecule has 5 rings (SSSR count). The van der Waals surface area contributed by atoms with Gasteiger partial charge in [0, 0.05) is 10.0 Å². The van der Waals surface area contributed by atoms with Crippen molar-refractivity contribution in [1.82, 2.24) is 5.43 Å². The molecule has 5 aromatic rings. The average molecular weight is 523 g/mol. The van der Waals surface area contributed by atoms with Gasteiger partial charge in [0.1, 0.15) is 12.4 Å². The highest BCUT2D eigenvalue weighted by Gasteiger charge is 2.09. The molecule has 172 valence electrons. The summed E-state index contributed by atoms with van der Waals surface area (Å²) >= 11 is 3.50. The van der Waals surface area contributed by atoms with Crippen molar-refractivity contribution in [2.24, 2.45) is 5.10 Å². The third-order valence-electron chi connectivity index (χ3n) is 5.83. The summed E-state index contributed by atoms with van der Waals surface area (Å²) in [5, 5.41) is 8.56. The first kappa shape index (κ1) is 22.8. The first-order valence-corrected chi connectivity index (χ1v) is 12.1. The third kappa shape index (κ3) is 5.42. The quantitative estimate of drug-likeness (QED) is 0.184. The van der Waals surface area contributed by atoms with Gasteiger partial charge in [-0.05, 0) is 50.9 Å². The van der Waals surface area contributed by atoms with E-state index in [2.05, 4.69) is 26.5 Å². The molecule has 0 heterocycles. The van der Waals surface area contributed by atoms with Gasteiger partial charge in [0.25, 0.3) is 0 Å². The SMILES string of the molecule is O=C(Cc1cccc2ccccc12)N/N=C/c1c(OCc2cccc(Br)c2)ccc2ccccc12. The maximum atomic E-state index is 12.7. The highest BCUT2D eigenvalue weighted by Crippen LogP contribution is 2.28. The van der Waals surface area contributed by atoms with Crippen molar-refractivity contribution < 1.29 is 9.53 Å². The molecule has 5 heteroatoms. The normalized spacial score (nSPS) is 11.2. The topological polar surface area (TPSA) is 50.7 Å². The van der Waals surface area contributed by atoms with Crippen LogP contribution < -0.4 is 10.2 Å². The van der Waals surface area contributed by atoms with E-state index < -0.39 is 0 Å². The molecule has 0 aromatic heterocycles. The molecule has 1 amide bonds. The van der Waals surface area contributed by atoms with Gasteiger partial charge >= 0.3 is 0 Å². The fraction of sp³-hybridized carbons (Fsp3) is 0.0667. The van der Waals surface area contributed by atoms with Crippen LogP contribution in [0.1, 0.15) is 16.7 Å². The Labute approximate surface area is 212 Å². The van der Waals surface area contributed by atoms with E-state index >= 15 is 0 Å². The Bertz CT molecular complexity index is 1540. The lowest BCUT2D eigenvalue weighted by Crippen LogP contribution is -2.20. The fourth-order valence-electron chi connectivity index (χ4n) is 4.15. The summed E-state index contributed by atoms with van der Waals surface area (Å²) < 4.78 is 7.17. The van der Waals surface area contributed by atoms with E-state index in [0.717, 1.165) is 42.7 Å². The summed E-state index contributed by atoms with van der Waals surface area (Å²) in [6.07, 6.45) is 1.92. The number of amides is 1. The lowest BCUT2D eigenvalue weighted by Gasteiger charge is -2.12. The molecule has 0 saturated carbocycles. The third-order valence-corrected chi connectivity index (χ3v) is 6.32. The number of fused-ring (bicyclic) bond motifs is 2. The van der Waals surface area contributed by atoms with Crippen LogP contribution in [0.5, 0.6) is 5.75 Å². The zero-order chi connectivity index (χ0) is 24.0. The molecular formula is C30H23BrN2O2. The predicted octanol–water partition coefficient (Wildman–Crippen LogP) is 7.03. The molecule has 4 nitrogen and oxygen atoms in total. The maximum absolute atomic E-state index is 12.7. The molecule has 0 bridgehead atoms. The highest BCUT2D eigenvalue weighted by molar-refractivity contribution is 9.10. The number of hydrogen-bond acceptors (Lipinski definition) is 3. The number of hydrazone groups is 1. The van der Waals surface area contributed by atoms with Crippen molar-refractivity contribution >= 4 is 49.6 Å². The van der Waals surface area contributed by atoms with Crippen molar-refractivity contribution in [1.29, 1.82) is 0 Å². The molecule has 1 N–H and O–H groups in total. The second kappa shape index (κ2) is 10.5. The summed E-state index contributed by atoms with van der Waals surface area (Å²) in [6, 6.07) is 34.1. The number of hydrogen-bond donors (Lipinski definition) is 1. The molecule has 0 aliphatic carbocycles. The van der Waals surface area contributed by atoms with Crippen LogP contribution in [0.2, 0.25) is 0 Å². The Morgan fingerprint density at radius 2 is 1.54 bits per heavy atom. The molecule has 0 atom stereocenters. The smallest absolute Gasteiger partial charge is 0.244 e. The van der Waals surface area contributed by atoms with Gasteiger partial charge in [-0.15, -0.1) is 0 Å². The average Bonchev–Trinajstić information content (AvgIpc) is 2.88. The summed E-state index contributed by atoms with van der Waals surface area (Å²) in [5.74, 6) is 0.533. The van der Waals surface area contributed by atoms with E-state index in [-0.39, 0.29) is 12.3 Å². The molecular weight excluding hydrogens is 500 g/mol. The minimum Gasteiger partial charge on any atom is -0.488 e. The Morgan fingerprint density at radius 1 is 0.829 bits per heavy atom. The van der Waals surface area contributed by atoms with Crippen LogP contribution in [0.15, 0.2) is 113 Å². The van der Waals surface area contributed by atoms with Gasteiger partial charge < -0.3 is 4.74 Å². The second-order valence-corrected chi connectivity index (χ2v) is 9.14. The van der Waals surface area contributed by atoms with Crippen LogP contribution in [0.25, 0.3) is 21.5 Å². The van der Waals surface area contributed by atoms with Crippen molar-refractivity contribution in [2.45, 2.75) is 13.0 Å². The molecule has 0 aliphatic rings. The summed E-state index contributed by atoms with van der Waals surface area (Å²) in [7, 11) is 0. The lowest BCUT2D eigenvalue weighted by molar-refractivity contribution is -0.120. The molecule has 0 radical (unpaired) electrons. The number of nitrogens with one attached hydrogen (secondary N) is 1. The number of nitrogens with zero attached hydrogens (tertiary/aromatic N) is 1. The fourth-order valence-corrected chi connectivity index (χ4v) is 4.60. The van der Waals surface area contributed by atoms with Crippen molar-refractivity contribution in [2.75, 3.05) is 0 Å². The van der Waals surface area contributed by atoms with Gasteiger partial charge in [-0.1, -0.05) is 101 Å². The van der Waals surface area contributed by atoms with Gasteiger partial charge in [-0.2, -0.15) is 5.10 Å². The highest BCUT2D eigenvalue weighted by atomic mass is 79.9. The number of halogens is 1. The standard InChI is InChI=1S/C30H23BrN2O2/c31-25-12-5-7-21(17-25)20-35-29-16-15-23-9-2-4-14-27(23)28(29)19-32-33-30(34)18-24-11-6-10-22-8-1-3-13-26(22)24/h1-17,19H,18,20H2,(H,33,34)/b32-19+. The summed E-state index contributed by atoms with van der Waals surface area (Å²) in [4.78, 5) is 12.7. The molecule has 0 aliphatic heterocycles. The van der Waals surface area contributed by atoms with Gasteiger partial charge in [0.2, 0.25) is 5.91 Å². The minimum atomic E-state index is -0.172.